The van der Waals surface area contributed by atoms with E-state index in [1.807, 2.05) is 11.3 Å². The van der Waals surface area contributed by atoms with E-state index >= 15 is 0 Å². The molecule has 2 unspecified atom stereocenters. The summed E-state index contributed by atoms with van der Waals surface area (Å²) in [5, 5.41) is 4.84. The third-order valence-electron chi connectivity index (χ3n) is 3.22. The molecular formula is C11H16N2S2. The molecule has 0 saturated carbocycles. The van der Waals surface area contributed by atoms with Crippen molar-refractivity contribution >= 4 is 23.1 Å². The number of hydrogen-bond donors (Lipinski definition) is 1. The molecule has 1 aromatic rings. The van der Waals surface area contributed by atoms with E-state index in [1.54, 1.807) is 0 Å². The molecule has 2 atom stereocenters. The van der Waals surface area contributed by atoms with Crippen molar-refractivity contribution < 1.29 is 0 Å². The molecule has 0 bridgehead atoms. The topological polar surface area (TPSA) is 24.9 Å². The lowest BCUT2D eigenvalue weighted by atomic mass is 10.1. The van der Waals surface area contributed by atoms with Crippen LogP contribution in [0.3, 0.4) is 0 Å². The maximum Gasteiger partial charge on any atom is 0.0971 e. The fraction of sp³-hybridized carbons (Fsp3) is 0.727. The van der Waals surface area contributed by atoms with Crippen LogP contribution in [0, 0.1) is 0 Å². The molecule has 1 fully saturated rings. The van der Waals surface area contributed by atoms with Crippen molar-refractivity contribution in [1.82, 2.24) is 10.3 Å². The van der Waals surface area contributed by atoms with E-state index in [9.17, 15) is 0 Å². The molecule has 2 aliphatic heterocycles. The predicted molar refractivity (Wildman–Crippen MR) is 66.7 cm³/mol. The summed E-state index contributed by atoms with van der Waals surface area (Å²) in [5.74, 6) is 3.37. The number of nitrogens with one attached hydrogen (secondary N) is 1. The Morgan fingerprint density at radius 3 is 3.13 bits per heavy atom. The van der Waals surface area contributed by atoms with Crippen molar-refractivity contribution in [2.45, 2.75) is 38.3 Å². The van der Waals surface area contributed by atoms with E-state index in [1.165, 1.54) is 39.9 Å². The Bertz CT molecular complexity index is 355. The van der Waals surface area contributed by atoms with E-state index in [-0.39, 0.29) is 0 Å². The first-order chi connectivity index (χ1) is 7.34. The summed E-state index contributed by atoms with van der Waals surface area (Å²) in [5.41, 5.74) is 1.32. The smallest absolute Gasteiger partial charge is 0.0971 e. The van der Waals surface area contributed by atoms with Crippen molar-refractivity contribution in [3.8, 4) is 0 Å². The summed E-state index contributed by atoms with van der Waals surface area (Å²) in [4.78, 5) is 6.29. The second kappa shape index (κ2) is 4.07. The summed E-state index contributed by atoms with van der Waals surface area (Å²) >= 11 is 4.04. The van der Waals surface area contributed by atoms with Gasteiger partial charge in [0.25, 0.3) is 0 Å². The Morgan fingerprint density at radius 2 is 2.40 bits per heavy atom. The Hall–Kier alpha value is -0.0600. The predicted octanol–water partition coefficient (Wildman–Crippen LogP) is 2.92. The number of fused-ring (bicyclic) bond motifs is 1. The van der Waals surface area contributed by atoms with Gasteiger partial charge in [0, 0.05) is 29.1 Å². The van der Waals surface area contributed by atoms with Crippen LogP contribution in [0.2, 0.25) is 0 Å². The zero-order valence-electron chi connectivity index (χ0n) is 8.95. The second-order valence-corrected chi connectivity index (χ2v) is 6.59. The maximum atomic E-state index is 4.81. The molecule has 1 N–H and O–H groups in total. The van der Waals surface area contributed by atoms with E-state index < -0.39 is 0 Å². The quantitative estimate of drug-likeness (QED) is 0.817. The van der Waals surface area contributed by atoms with Crippen LogP contribution in [-0.2, 0) is 6.54 Å². The molecule has 3 heterocycles. The van der Waals surface area contributed by atoms with Gasteiger partial charge in [-0.2, -0.15) is 11.8 Å². The highest BCUT2D eigenvalue weighted by atomic mass is 32.2. The van der Waals surface area contributed by atoms with Crippen LogP contribution in [0.25, 0.3) is 0 Å². The SMILES string of the molecule is CC1NCc2nc(C3CCCSC3)sc21. The highest BCUT2D eigenvalue weighted by molar-refractivity contribution is 7.99. The molecule has 4 heteroatoms. The molecule has 1 saturated heterocycles. The Labute approximate surface area is 98.9 Å². The van der Waals surface area contributed by atoms with Gasteiger partial charge in [-0.1, -0.05) is 0 Å². The molecule has 0 aliphatic carbocycles. The Morgan fingerprint density at radius 1 is 1.47 bits per heavy atom. The Balaban J connectivity index is 1.84. The lowest BCUT2D eigenvalue weighted by molar-refractivity contribution is 0.627. The summed E-state index contributed by atoms with van der Waals surface area (Å²) in [6.45, 7) is 3.22. The first-order valence-electron chi connectivity index (χ1n) is 5.65. The molecule has 3 rings (SSSR count). The van der Waals surface area contributed by atoms with Gasteiger partial charge >= 0.3 is 0 Å². The van der Waals surface area contributed by atoms with E-state index in [4.69, 9.17) is 4.98 Å². The van der Waals surface area contributed by atoms with Crippen LogP contribution in [0.4, 0.5) is 0 Å². The molecule has 0 radical (unpaired) electrons. The largest absolute Gasteiger partial charge is 0.304 e. The zero-order chi connectivity index (χ0) is 10.3. The molecule has 82 valence electrons. The van der Waals surface area contributed by atoms with Crippen molar-refractivity contribution in [1.29, 1.82) is 0 Å². The van der Waals surface area contributed by atoms with E-state index in [2.05, 4.69) is 24.0 Å². The van der Waals surface area contributed by atoms with Gasteiger partial charge in [0.05, 0.1) is 10.7 Å². The second-order valence-electron chi connectivity index (χ2n) is 4.38. The average molecular weight is 240 g/mol. The number of thiazole rings is 1. The van der Waals surface area contributed by atoms with Gasteiger partial charge in [-0.3, -0.25) is 0 Å². The van der Waals surface area contributed by atoms with Crippen LogP contribution < -0.4 is 5.32 Å². The van der Waals surface area contributed by atoms with Crippen molar-refractivity contribution in [2.24, 2.45) is 0 Å². The number of thioether (sulfide) groups is 1. The minimum atomic E-state index is 0.530. The summed E-state index contributed by atoms with van der Waals surface area (Å²) in [7, 11) is 0. The van der Waals surface area contributed by atoms with Crippen LogP contribution in [-0.4, -0.2) is 16.5 Å². The summed E-state index contributed by atoms with van der Waals surface area (Å²) in [6.07, 6.45) is 2.72. The van der Waals surface area contributed by atoms with Crippen LogP contribution in [0.1, 0.15) is 47.3 Å². The third kappa shape index (κ3) is 1.83. The highest BCUT2D eigenvalue weighted by Gasteiger charge is 2.26. The fourth-order valence-corrected chi connectivity index (χ4v) is 4.80. The number of hydrogen-bond acceptors (Lipinski definition) is 4. The van der Waals surface area contributed by atoms with E-state index in [0.29, 0.717) is 6.04 Å². The van der Waals surface area contributed by atoms with Gasteiger partial charge in [0.1, 0.15) is 0 Å². The third-order valence-corrected chi connectivity index (χ3v) is 5.88. The van der Waals surface area contributed by atoms with Crippen molar-refractivity contribution in [3.63, 3.8) is 0 Å². The zero-order valence-corrected chi connectivity index (χ0v) is 10.6. The average Bonchev–Trinajstić information content (AvgIpc) is 2.83. The standard InChI is InChI=1S/C11H16N2S2/c1-7-10-9(5-12-7)13-11(15-10)8-3-2-4-14-6-8/h7-8,12H,2-6H2,1H3. The minimum absolute atomic E-state index is 0.530. The minimum Gasteiger partial charge on any atom is -0.304 e. The summed E-state index contributed by atoms with van der Waals surface area (Å²) in [6, 6.07) is 0.530. The van der Waals surface area contributed by atoms with E-state index in [0.717, 1.165) is 12.5 Å². The maximum absolute atomic E-state index is 4.81. The molecule has 1 aromatic heterocycles. The summed E-state index contributed by atoms with van der Waals surface area (Å²) < 4.78 is 0. The van der Waals surface area contributed by atoms with Gasteiger partial charge in [-0.25, -0.2) is 4.98 Å². The van der Waals surface area contributed by atoms with Gasteiger partial charge in [-0.15, -0.1) is 11.3 Å². The van der Waals surface area contributed by atoms with Gasteiger partial charge < -0.3 is 5.32 Å². The molecule has 2 aliphatic rings. The fourth-order valence-electron chi connectivity index (χ4n) is 2.30. The van der Waals surface area contributed by atoms with Crippen LogP contribution in [0.15, 0.2) is 0 Å². The van der Waals surface area contributed by atoms with Gasteiger partial charge in [0.15, 0.2) is 0 Å². The van der Waals surface area contributed by atoms with Crippen LogP contribution >= 0.6 is 23.1 Å². The van der Waals surface area contributed by atoms with Gasteiger partial charge in [-0.05, 0) is 25.5 Å². The van der Waals surface area contributed by atoms with Crippen molar-refractivity contribution in [3.05, 3.63) is 15.6 Å². The monoisotopic (exact) mass is 240 g/mol. The lowest BCUT2D eigenvalue weighted by Gasteiger charge is -2.18. The highest BCUT2D eigenvalue weighted by Crippen LogP contribution is 2.38. The Kier molecular flexibility index (Phi) is 2.75. The first kappa shape index (κ1) is 10.1. The number of aromatic nitrogens is 1. The van der Waals surface area contributed by atoms with Crippen molar-refractivity contribution in [2.75, 3.05) is 11.5 Å². The number of rotatable bonds is 1. The first-order valence-corrected chi connectivity index (χ1v) is 7.62. The number of nitrogens with zero attached hydrogens (tertiary/aromatic N) is 1. The van der Waals surface area contributed by atoms with Crippen LogP contribution in [0.5, 0.6) is 0 Å². The normalized spacial score (nSPS) is 30.5. The molecule has 0 spiro atoms. The molecule has 0 amide bonds. The molecule has 15 heavy (non-hydrogen) atoms. The lowest BCUT2D eigenvalue weighted by Crippen LogP contribution is -2.10. The molecule has 2 nitrogen and oxygen atoms in total. The molecule has 0 aromatic carbocycles. The molecular weight excluding hydrogens is 224 g/mol. The van der Waals surface area contributed by atoms with Gasteiger partial charge in [0.2, 0.25) is 0 Å².